The largest absolute Gasteiger partial charge is 0 e. The van der Waals surface area contributed by atoms with Gasteiger partial charge in [-0.15, -0.1) is 0 Å². The SMILES string of the molecule is [Au].[Fe].[Ni].[Re]. The van der Waals surface area contributed by atoms with E-state index in [4.69, 9.17) is 0 Å². The van der Waals surface area contributed by atoms with Gasteiger partial charge < -0.3 is 0 Å². The fourth-order valence-corrected chi connectivity index (χ4v) is 0. The topological polar surface area (TPSA) is 0 Å². The zero-order valence-corrected chi connectivity index (χ0v) is 8.32. The molecular weight excluding hydrogens is 498 g/mol. The first-order valence-corrected chi connectivity index (χ1v) is 0. The van der Waals surface area contributed by atoms with E-state index in [0.29, 0.717) is 0 Å². The van der Waals surface area contributed by atoms with Gasteiger partial charge in [0.05, 0.1) is 0 Å². The summed E-state index contributed by atoms with van der Waals surface area (Å²) in [6, 6.07) is 0. The molecule has 0 amide bonds. The summed E-state index contributed by atoms with van der Waals surface area (Å²) in [5.41, 5.74) is 0. The Labute approximate surface area is 75.4 Å². The van der Waals surface area contributed by atoms with Crippen molar-refractivity contribution >= 4 is 0 Å². The monoisotopic (exact) mass is 498 g/mol. The Morgan fingerprint density at radius 1 is 1.00 bits per heavy atom. The molecule has 0 atom stereocenters. The van der Waals surface area contributed by atoms with Gasteiger partial charge in [-0.1, -0.05) is 0 Å². The van der Waals surface area contributed by atoms with Gasteiger partial charge >= 0.3 is 0 Å². The molecule has 0 aliphatic carbocycles. The first-order valence-electron chi connectivity index (χ1n) is 0. The summed E-state index contributed by atoms with van der Waals surface area (Å²) >= 11 is 0. The molecule has 0 aromatic heterocycles. The summed E-state index contributed by atoms with van der Waals surface area (Å²) in [6.07, 6.45) is 0. The van der Waals surface area contributed by atoms with Gasteiger partial charge in [0.2, 0.25) is 0 Å². The second kappa shape index (κ2) is 18.1. The fourth-order valence-electron chi connectivity index (χ4n) is 0. The molecule has 0 aliphatic rings. The van der Waals surface area contributed by atoms with Crippen LogP contribution >= 0.6 is 0 Å². The van der Waals surface area contributed by atoms with Crippen molar-refractivity contribution in [3.8, 4) is 0 Å². The second-order valence-electron chi connectivity index (χ2n) is 0. The van der Waals surface area contributed by atoms with Crippen molar-refractivity contribution in [2.75, 3.05) is 0 Å². The molecule has 0 fully saturated rings. The van der Waals surface area contributed by atoms with Crippen LogP contribution in [0.25, 0.3) is 0 Å². The molecular formula is AuFeNiRe. The molecule has 2 radical (unpaired) electrons. The van der Waals surface area contributed by atoms with Gasteiger partial charge in [-0.05, 0) is 0 Å². The van der Waals surface area contributed by atoms with E-state index in [0.717, 1.165) is 0 Å². The molecule has 4 heteroatoms. The Kier molecular flexibility index (Phi) is 146. The Hall–Kier alpha value is 2.42. The van der Waals surface area contributed by atoms with Gasteiger partial charge in [-0.25, -0.2) is 0 Å². The number of rotatable bonds is 0. The molecule has 0 spiro atoms. The minimum absolute atomic E-state index is 0. The van der Waals surface area contributed by atoms with Crippen LogP contribution in [0.15, 0.2) is 0 Å². The summed E-state index contributed by atoms with van der Waals surface area (Å²) in [4.78, 5) is 0. The van der Waals surface area contributed by atoms with Crippen molar-refractivity contribution in [1.82, 2.24) is 0 Å². The van der Waals surface area contributed by atoms with E-state index >= 15 is 0 Å². The maximum atomic E-state index is 0. The molecule has 0 nitrogen and oxygen atoms in total. The van der Waals surface area contributed by atoms with Gasteiger partial charge in [-0.2, -0.15) is 0 Å². The molecule has 0 heterocycles. The van der Waals surface area contributed by atoms with Crippen LogP contribution in [0.1, 0.15) is 0 Å². The second-order valence-corrected chi connectivity index (χ2v) is 0. The molecule has 0 rings (SSSR count). The normalized spacial score (nSPS) is 0. The summed E-state index contributed by atoms with van der Waals surface area (Å²) in [5.74, 6) is 0. The molecule has 0 aliphatic heterocycles. The van der Waals surface area contributed by atoms with Gasteiger partial charge in [-0.3, -0.25) is 0 Å². The number of hydrogen-bond donors (Lipinski definition) is 0. The molecule has 0 saturated carbocycles. The Morgan fingerprint density at radius 3 is 1.00 bits per heavy atom. The van der Waals surface area contributed by atoms with Crippen LogP contribution in [-0.2, 0) is 76.4 Å². The third kappa shape index (κ3) is 8.83. The van der Waals surface area contributed by atoms with Gasteiger partial charge in [0.25, 0.3) is 0 Å². The van der Waals surface area contributed by atoms with E-state index in [-0.39, 0.29) is 76.4 Å². The van der Waals surface area contributed by atoms with Gasteiger partial charge in [0.1, 0.15) is 0 Å². The summed E-state index contributed by atoms with van der Waals surface area (Å²) in [7, 11) is 0. The third-order valence-electron chi connectivity index (χ3n) is 0. The number of hydrogen-bond acceptors (Lipinski definition) is 0. The molecule has 0 bridgehead atoms. The Morgan fingerprint density at radius 2 is 1.00 bits per heavy atom. The maximum Gasteiger partial charge on any atom is 0 e. The minimum Gasteiger partial charge on any atom is 0 e. The van der Waals surface area contributed by atoms with Crippen LogP contribution in [-0.4, -0.2) is 0 Å². The van der Waals surface area contributed by atoms with Crippen molar-refractivity contribution in [2.45, 2.75) is 0 Å². The van der Waals surface area contributed by atoms with Crippen LogP contribution in [0.4, 0.5) is 0 Å². The zero-order chi connectivity index (χ0) is 0. The Bertz CT molecular complexity index is 8.00. The van der Waals surface area contributed by atoms with Crippen molar-refractivity contribution in [1.29, 1.82) is 0 Å². The standard InChI is InChI=1S/Au.Fe.Ni.Re. The van der Waals surface area contributed by atoms with Crippen molar-refractivity contribution in [2.24, 2.45) is 0 Å². The molecule has 0 aromatic rings. The van der Waals surface area contributed by atoms with E-state index < -0.39 is 0 Å². The van der Waals surface area contributed by atoms with E-state index in [1.54, 1.807) is 0 Å². The smallest absolute Gasteiger partial charge is 0 e. The van der Waals surface area contributed by atoms with Crippen molar-refractivity contribution in [3.63, 3.8) is 0 Å². The van der Waals surface area contributed by atoms with Gasteiger partial charge in [0.15, 0.2) is 0 Å². The van der Waals surface area contributed by atoms with Crippen LogP contribution in [0.3, 0.4) is 0 Å². The molecule has 0 saturated heterocycles. The van der Waals surface area contributed by atoms with Crippen molar-refractivity contribution in [3.05, 3.63) is 0 Å². The van der Waals surface area contributed by atoms with E-state index in [1.165, 1.54) is 0 Å². The van der Waals surface area contributed by atoms with Crippen LogP contribution in [0.5, 0.6) is 0 Å². The third-order valence-corrected chi connectivity index (χ3v) is 0. The van der Waals surface area contributed by atoms with Gasteiger partial charge in [0, 0.05) is 76.4 Å². The maximum absolute atomic E-state index is 0. The molecule has 0 unspecified atom stereocenters. The first-order chi connectivity index (χ1) is 0. The molecule has 4 heavy (non-hydrogen) atoms. The average Bonchev–Trinajstić information content (AvgIpc) is 0. The minimum atomic E-state index is 0. The summed E-state index contributed by atoms with van der Waals surface area (Å²) in [5, 5.41) is 0. The Balaban J connectivity index is 0. The van der Waals surface area contributed by atoms with Crippen LogP contribution in [0.2, 0.25) is 0 Å². The summed E-state index contributed by atoms with van der Waals surface area (Å²) < 4.78 is 0. The van der Waals surface area contributed by atoms with E-state index in [9.17, 15) is 0 Å². The van der Waals surface area contributed by atoms with E-state index in [1.807, 2.05) is 0 Å². The molecule has 0 N–H and O–H groups in total. The summed E-state index contributed by atoms with van der Waals surface area (Å²) in [6.45, 7) is 0. The van der Waals surface area contributed by atoms with E-state index in [2.05, 4.69) is 0 Å². The predicted molar refractivity (Wildman–Crippen MR) is 0 cm³/mol. The quantitative estimate of drug-likeness (QED) is 0.413. The predicted octanol–water partition coefficient (Wildman–Crippen LogP) is -0.0100. The molecule has 36 valence electrons. The fraction of sp³-hybridized carbons (Fsp3) is 0. The zero-order valence-electron chi connectivity index (χ0n) is 1.35. The first kappa shape index (κ1) is 32.2. The van der Waals surface area contributed by atoms with Crippen LogP contribution < -0.4 is 0 Å². The molecule has 0 aromatic carbocycles. The van der Waals surface area contributed by atoms with Crippen LogP contribution in [0, 0.1) is 0 Å². The average molecular weight is 498 g/mol. The van der Waals surface area contributed by atoms with Crippen molar-refractivity contribution < 1.29 is 76.4 Å².